The van der Waals surface area contributed by atoms with Crippen molar-refractivity contribution in [2.75, 3.05) is 32.1 Å². The number of alkyl halides is 1. The molecule has 0 amide bonds. The summed E-state index contributed by atoms with van der Waals surface area (Å²) in [7, 11) is 0. The van der Waals surface area contributed by atoms with Crippen molar-refractivity contribution < 1.29 is 0 Å². The van der Waals surface area contributed by atoms with Gasteiger partial charge in [0.25, 0.3) is 0 Å². The Balaban J connectivity index is 0.000000399. The molecular formula is C15H30ClN3. The first-order valence-corrected chi connectivity index (χ1v) is 8.24. The second-order valence-corrected chi connectivity index (χ2v) is 5.43. The molecule has 0 spiro atoms. The lowest BCUT2D eigenvalue weighted by atomic mass is 10.1. The lowest BCUT2D eigenvalue weighted by molar-refractivity contribution is 0.224. The van der Waals surface area contributed by atoms with Crippen molar-refractivity contribution in [2.45, 2.75) is 57.8 Å². The van der Waals surface area contributed by atoms with Crippen LogP contribution in [-0.4, -0.2) is 37.0 Å². The Morgan fingerprint density at radius 2 is 1.74 bits per heavy atom. The van der Waals surface area contributed by atoms with Gasteiger partial charge in [0.2, 0.25) is 0 Å². The first-order valence-electron chi connectivity index (χ1n) is 7.70. The second kappa shape index (κ2) is 15.8. The molecule has 0 atom stereocenters. The summed E-state index contributed by atoms with van der Waals surface area (Å²) in [6.07, 6.45) is 10.7. The zero-order valence-electron chi connectivity index (χ0n) is 12.2. The molecule has 0 saturated carbocycles. The fourth-order valence-electron chi connectivity index (χ4n) is 2.14. The standard InChI is InChI=1S/C10H22N2.C5H8ClN/c11-7-3-1-4-8-12-9-5-2-6-10-12;6-4-2-1-3-5-7/h1-11H2;1-4H2. The van der Waals surface area contributed by atoms with Gasteiger partial charge in [0.1, 0.15) is 0 Å². The molecule has 1 fully saturated rings. The van der Waals surface area contributed by atoms with Crippen molar-refractivity contribution >= 4 is 11.6 Å². The average molecular weight is 288 g/mol. The van der Waals surface area contributed by atoms with Crippen LogP contribution in [0.5, 0.6) is 0 Å². The number of rotatable bonds is 8. The highest BCUT2D eigenvalue weighted by Crippen LogP contribution is 2.09. The molecule has 1 saturated heterocycles. The zero-order chi connectivity index (χ0) is 14.2. The van der Waals surface area contributed by atoms with Gasteiger partial charge >= 0.3 is 0 Å². The first kappa shape index (κ1) is 18.7. The predicted molar refractivity (Wildman–Crippen MR) is 83.4 cm³/mol. The van der Waals surface area contributed by atoms with Crippen molar-refractivity contribution in [3.05, 3.63) is 0 Å². The van der Waals surface area contributed by atoms with Crippen LogP contribution in [0.1, 0.15) is 57.8 Å². The van der Waals surface area contributed by atoms with Crippen LogP contribution in [0.4, 0.5) is 0 Å². The van der Waals surface area contributed by atoms with E-state index in [1.807, 2.05) is 6.07 Å². The molecule has 1 aliphatic heterocycles. The van der Waals surface area contributed by atoms with Crippen molar-refractivity contribution in [3.63, 3.8) is 0 Å². The number of nitrogens with two attached hydrogens (primary N) is 1. The third kappa shape index (κ3) is 13.9. The van der Waals surface area contributed by atoms with E-state index in [4.69, 9.17) is 22.6 Å². The van der Waals surface area contributed by atoms with E-state index in [-0.39, 0.29) is 0 Å². The third-order valence-electron chi connectivity index (χ3n) is 3.30. The molecular weight excluding hydrogens is 258 g/mol. The van der Waals surface area contributed by atoms with Crippen LogP contribution in [0.25, 0.3) is 0 Å². The van der Waals surface area contributed by atoms with Crippen LogP contribution in [-0.2, 0) is 0 Å². The lowest BCUT2D eigenvalue weighted by Gasteiger charge is -2.26. The normalized spacial score (nSPS) is 15.4. The number of halogens is 1. The topological polar surface area (TPSA) is 53.1 Å². The molecule has 0 radical (unpaired) electrons. The maximum Gasteiger partial charge on any atom is 0.0621 e. The molecule has 0 aromatic carbocycles. The second-order valence-electron chi connectivity index (χ2n) is 5.06. The summed E-state index contributed by atoms with van der Waals surface area (Å²) in [5.41, 5.74) is 5.43. The van der Waals surface area contributed by atoms with Gasteiger partial charge in [0.15, 0.2) is 0 Å². The smallest absolute Gasteiger partial charge is 0.0621 e. The summed E-state index contributed by atoms with van der Waals surface area (Å²) in [5, 5.41) is 8.00. The number of unbranched alkanes of at least 4 members (excludes halogenated alkanes) is 4. The SMILES string of the molecule is N#CCCCCCl.NCCCCCN1CCCCC1. The summed E-state index contributed by atoms with van der Waals surface area (Å²) < 4.78 is 0. The highest BCUT2D eigenvalue weighted by molar-refractivity contribution is 6.17. The number of piperidine rings is 1. The highest BCUT2D eigenvalue weighted by Gasteiger charge is 2.08. The molecule has 3 nitrogen and oxygen atoms in total. The van der Waals surface area contributed by atoms with Gasteiger partial charge in [0.05, 0.1) is 6.07 Å². The molecule has 0 aromatic rings. The fourth-order valence-corrected chi connectivity index (χ4v) is 2.33. The molecule has 0 unspecified atom stereocenters. The van der Waals surface area contributed by atoms with E-state index in [9.17, 15) is 0 Å². The van der Waals surface area contributed by atoms with Gasteiger partial charge in [-0.25, -0.2) is 0 Å². The number of nitrogens with zero attached hydrogens (tertiary/aromatic N) is 2. The van der Waals surface area contributed by atoms with Gasteiger partial charge in [-0.15, -0.1) is 11.6 Å². The Hall–Kier alpha value is -0.300. The van der Waals surface area contributed by atoms with Crippen LogP contribution in [0.15, 0.2) is 0 Å². The summed E-state index contributed by atoms with van der Waals surface area (Å²) in [5.74, 6) is 0.682. The molecule has 0 bridgehead atoms. The van der Waals surface area contributed by atoms with E-state index >= 15 is 0 Å². The van der Waals surface area contributed by atoms with Gasteiger partial charge < -0.3 is 10.6 Å². The molecule has 2 N–H and O–H groups in total. The number of likely N-dealkylation sites (tertiary alicyclic amines) is 1. The molecule has 0 aromatic heterocycles. The van der Waals surface area contributed by atoms with Crippen LogP contribution in [0.2, 0.25) is 0 Å². The van der Waals surface area contributed by atoms with E-state index in [0.29, 0.717) is 12.3 Å². The minimum absolute atomic E-state index is 0.646. The molecule has 1 heterocycles. The maximum absolute atomic E-state index is 8.00. The maximum atomic E-state index is 8.00. The summed E-state index contributed by atoms with van der Waals surface area (Å²) in [6, 6.07) is 2.04. The van der Waals surface area contributed by atoms with Crippen molar-refractivity contribution in [1.29, 1.82) is 5.26 Å². The molecule has 1 rings (SSSR count). The Morgan fingerprint density at radius 1 is 1.00 bits per heavy atom. The van der Waals surface area contributed by atoms with Gasteiger partial charge in [0, 0.05) is 12.3 Å². The third-order valence-corrected chi connectivity index (χ3v) is 3.57. The molecule has 0 aliphatic carbocycles. The van der Waals surface area contributed by atoms with E-state index in [1.54, 1.807) is 0 Å². The zero-order valence-corrected chi connectivity index (χ0v) is 13.0. The summed E-state index contributed by atoms with van der Waals surface area (Å²) in [4.78, 5) is 2.60. The molecule has 4 heteroatoms. The number of hydrogen-bond donors (Lipinski definition) is 1. The lowest BCUT2D eigenvalue weighted by Crippen LogP contribution is -2.30. The molecule has 19 heavy (non-hydrogen) atoms. The van der Waals surface area contributed by atoms with Gasteiger partial charge in [-0.2, -0.15) is 5.26 Å². The van der Waals surface area contributed by atoms with E-state index < -0.39 is 0 Å². The van der Waals surface area contributed by atoms with Crippen LogP contribution < -0.4 is 5.73 Å². The van der Waals surface area contributed by atoms with Crippen molar-refractivity contribution in [1.82, 2.24) is 4.90 Å². The largest absolute Gasteiger partial charge is 0.330 e. The highest BCUT2D eigenvalue weighted by atomic mass is 35.5. The minimum Gasteiger partial charge on any atom is -0.330 e. The van der Waals surface area contributed by atoms with E-state index in [0.717, 1.165) is 19.4 Å². The van der Waals surface area contributed by atoms with Crippen LogP contribution in [0, 0.1) is 11.3 Å². The molecule has 112 valence electrons. The van der Waals surface area contributed by atoms with Gasteiger partial charge in [-0.3, -0.25) is 0 Å². The van der Waals surface area contributed by atoms with Crippen molar-refractivity contribution in [2.24, 2.45) is 5.73 Å². The fraction of sp³-hybridized carbons (Fsp3) is 0.933. The average Bonchev–Trinajstić information content (AvgIpc) is 2.46. The van der Waals surface area contributed by atoms with Crippen LogP contribution >= 0.6 is 11.6 Å². The minimum atomic E-state index is 0.646. The summed E-state index contributed by atoms with van der Waals surface area (Å²) >= 11 is 5.33. The molecule has 1 aliphatic rings. The Kier molecular flexibility index (Phi) is 15.5. The Labute approximate surface area is 124 Å². The first-order chi connectivity index (χ1) is 9.35. The van der Waals surface area contributed by atoms with Gasteiger partial charge in [-0.05, 0) is 64.7 Å². The van der Waals surface area contributed by atoms with Gasteiger partial charge in [-0.1, -0.05) is 12.8 Å². The number of nitriles is 1. The van der Waals surface area contributed by atoms with E-state index in [1.165, 1.54) is 58.2 Å². The summed E-state index contributed by atoms with van der Waals surface area (Å²) in [6.45, 7) is 4.84. The predicted octanol–water partition coefficient (Wildman–Crippen LogP) is 3.52. The van der Waals surface area contributed by atoms with Crippen molar-refractivity contribution in [3.8, 4) is 6.07 Å². The Morgan fingerprint density at radius 3 is 2.32 bits per heavy atom. The quantitative estimate of drug-likeness (QED) is 0.549. The van der Waals surface area contributed by atoms with E-state index in [2.05, 4.69) is 4.90 Å². The number of hydrogen-bond acceptors (Lipinski definition) is 3. The Bertz CT molecular complexity index is 210. The monoisotopic (exact) mass is 287 g/mol. The van der Waals surface area contributed by atoms with Crippen LogP contribution in [0.3, 0.4) is 0 Å².